The molecule has 0 saturated carbocycles. The number of nitrogens with one attached hydrogen (secondary N) is 1. The molecule has 1 aromatic heterocycles. The van der Waals surface area contributed by atoms with Crippen LogP contribution in [-0.2, 0) is 4.79 Å². The molecule has 2 heterocycles. The number of carboxylic acids is 1. The number of hydrogen-bond donors (Lipinski definition) is 2. The summed E-state index contributed by atoms with van der Waals surface area (Å²) in [5.74, 6) is -0.309. The number of anilines is 1. The van der Waals surface area contributed by atoms with Crippen LogP contribution in [0.15, 0.2) is 11.2 Å². The average Bonchev–Trinajstić information content (AvgIpc) is 2.38. The second kappa shape index (κ2) is 7.14. The van der Waals surface area contributed by atoms with E-state index in [2.05, 4.69) is 15.3 Å². The number of aliphatic carboxylic acids is 1. The van der Waals surface area contributed by atoms with Crippen molar-refractivity contribution in [2.75, 3.05) is 30.8 Å². The first-order chi connectivity index (χ1) is 8.61. The van der Waals surface area contributed by atoms with E-state index in [0.717, 1.165) is 6.54 Å². The summed E-state index contributed by atoms with van der Waals surface area (Å²) < 4.78 is 0. The summed E-state index contributed by atoms with van der Waals surface area (Å²) in [5, 5.41) is 13.1. The molecule has 19 heavy (non-hydrogen) atoms. The summed E-state index contributed by atoms with van der Waals surface area (Å²) in [6.07, 6.45) is 1.85. The molecule has 1 fully saturated rings. The van der Waals surface area contributed by atoms with Crippen LogP contribution < -0.4 is 10.2 Å². The molecule has 0 radical (unpaired) electrons. The summed E-state index contributed by atoms with van der Waals surface area (Å²) in [4.78, 5) is 21.3. The summed E-state index contributed by atoms with van der Waals surface area (Å²) in [6.45, 7) is 1.70. The minimum Gasteiger partial charge on any atom is -0.480 e. The van der Waals surface area contributed by atoms with Gasteiger partial charge in [0.1, 0.15) is 17.0 Å². The topological polar surface area (TPSA) is 78.4 Å². The van der Waals surface area contributed by atoms with E-state index >= 15 is 0 Å². The normalized spacial score (nSPS) is 18.8. The van der Waals surface area contributed by atoms with Gasteiger partial charge in [0.05, 0.1) is 0 Å². The average molecular weight is 325 g/mol. The Morgan fingerprint density at radius 2 is 2.37 bits per heavy atom. The molecule has 1 saturated heterocycles. The number of hydrogen-bond acceptors (Lipinski definition) is 6. The molecular formula is C10H14Cl2N4O2S. The van der Waals surface area contributed by atoms with Gasteiger partial charge in [-0.25, -0.2) is 14.8 Å². The number of rotatable bonds is 3. The van der Waals surface area contributed by atoms with Crippen molar-refractivity contribution in [1.29, 1.82) is 0 Å². The first-order valence-corrected chi connectivity index (χ1v) is 7.01. The molecule has 106 valence electrons. The largest absolute Gasteiger partial charge is 0.480 e. The molecule has 2 rings (SSSR count). The molecule has 9 heteroatoms. The van der Waals surface area contributed by atoms with Gasteiger partial charge in [-0.1, -0.05) is 23.4 Å². The van der Waals surface area contributed by atoms with Gasteiger partial charge >= 0.3 is 5.97 Å². The van der Waals surface area contributed by atoms with Crippen molar-refractivity contribution in [2.45, 2.75) is 11.2 Å². The van der Waals surface area contributed by atoms with Gasteiger partial charge in [-0.2, -0.15) is 0 Å². The molecule has 0 bridgehead atoms. The zero-order chi connectivity index (χ0) is 13.1. The van der Waals surface area contributed by atoms with Crippen LogP contribution in [0.4, 0.5) is 5.82 Å². The molecule has 1 atom stereocenters. The minimum absolute atomic E-state index is 0. The van der Waals surface area contributed by atoms with E-state index in [-0.39, 0.29) is 12.4 Å². The van der Waals surface area contributed by atoms with Crippen molar-refractivity contribution < 1.29 is 9.90 Å². The molecular weight excluding hydrogens is 311 g/mol. The second-order valence-electron chi connectivity index (χ2n) is 3.79. The highest BCUT2D eigenvalue weighted by Gasteiger charge is 2.29. The maximum absolute atomic E-state index is 11.2. The van der Waals surface area contributed by atoms with E-state index in [1.807, 2.05) is 6.26 Å². The molecule has 1 aliphatic rings. The van der Waals surface area contributed by atoms with E-state index in [1.54, 1.807) is 11.0 Å². The number of thioether (sulfide) groups is 1. The molecule has 1 aromatic rings. The van der Waals surface area contributed by atoms with Crippen molar-refractivity contribution in [3.05, 3.63) is 11.2 Å². The molecule has 2 N–H and O–H groups in total. The fourth-order valence-electron chi connectivity index (χ4n) is 1.82. The molecule has 0 spiro atoms. The van der Waals surface area contributed by atoms with Crippen LogP contribution in [0.5, 0.6) is 0 Å². The van der Waals surface area contributed by atoms with E-state index in [0.29, 0.717) is 29.2 Å². The lowest BCUT2D eigenvalue weighted by Gasteiger charge is -2.34. The van der Waals surface area contributed by atoms with Gasteiger partial charge in [0, 0.05) is 25.7 Å². The first-order valence-electron chi connectivity index (χ1n) is 5.40. The van der Waals surface area contributed by atoms with Crippen molar-refractivity contribution in [1.82, 2.24) is 15.3 Å². The van der Waals surface area contributed by atoms with Crippen molar-refractivity contribution in [3.63, 3.8) is 0 Å². The number of halogens is 2. The quantitative estimate of drug-likeness (QED) is 0.490. The SMILES string of the molecule is CSc1nc(Cl)cc(N2CCNCC2C(=O)O)n1.Cl. The number of carbonyl (C=O) groups is 1. The maximum Gasteiger partial charge on any atom is 0.327 e. The molecule has 0 aromatic carbocycles. The van der Waals surface area contributed by atoms with Crippen LogP contribution in [-0.4, -0.2) is 53.0 Å². The van der Waals surface area contributed by atoms with Gasteiger partial charge in [-0.15, -0.1) is 12.4 Å². The van der Waals surface area contributed by atoms with Crippen molar-refractivity contribution >= 4 is 47.6 Å². The highest BCUT2D eigenvalue weighted by molar-refractivity contribution is 7.98. The fourth-order valence-corrected chi connectivity index (χ4v) is 2.43. The number of aromatic nitrogens is 2. The van der Waals surface area contributed by atoms with Gasteiger partial charge in [0.25, 0.3) is 0 Å². The smallest absolute Gasteiger partial charge is 0.327 e. The number of nitrogens with zero attached hydrogens (tertiary/aromatic N) is 3. The van der Waals surface area contributed by atoms with E-state index in [1.165, 1.54) is 11.8 Å². The first kappa shape index (κ1) is 16.3. The Bertz CT molecular complexity index is 463. The molecule has 6 nitrogen and oxygen atoms in total. The third kappa shape index (κ3) is 3.85. The van der Waals surface area contributed by atoms with E-state index < -0.39 is 12.0 Å². The van der Waals surface area contributed by atoms with E-state index in [4.69, 9.17) is 11.6 Å². The maximum atomic E-state index is 11.2. The third-order valence-corrected chi connectivity index (χ3v) is 3.41. The Morgan fingerprint density at radius 3 is 3.00 bits per heavy atom. The van der Waals surface area contributed by atoms with Gasteiger partial charge < -0.3 is 15.3 Å². The molecule has 0 amide bonds. The number of carboxylic acid groups (broad SMARTS) is 1. The Hall–Kier alpha value is -0.760. The molecule has 1 aliphatic heterocycles. The molecule has 1 unspecified atom stereocenters. The van der Waals surface area contributed by atoms with Crippen molar-refractivity contribution in [3.8, 4) is 0 Å². The Morgan fingerprint density at radius 1 is 1.63 bits per heavy atom. The second-order valence-corrected chi connectivity index (χ2v) is 4.95. The summed E-state index contributed by atoms with van der Waals surface area (Å²) in [5.41, 5.74) is 0. The number of piperazine rings is 1. The fraction of sp³-hybridized carbons (Fsp3) is 0.500. The van der Waals surface area contributed by atoms with Crippen LogP contribution in [0.25, 0.3) is 0 Å². The van der Waals surface area contributed by atoms with Gasteiger partial charge in [0.2, 0.25) is 0 Å². The zero-order valence-corrected chi connectivity index (χ0v) is 12.6. The Balaban J connectivity index is 0.00000180. The van der Waals surface area contributed by atoms with Crippen LogP contribution in [0.1, 0.15) is 0 Å². The van der Waals surface area contributed by atoms with Crippen molar-refractivity contribution in [2.24, 2.45) is 0 Å². The van der Waals surface area contributed by atoms with E-state index in [9.17, 15) is 9.90 Å². The van der Waals surface area contributed by atoms with Crippen LogP contribution in [0, 0.1) is 0 Å². The standard InChI is InChI=1S/C10H13ClN4O2S.ClH/c1-18-10-13-7(11)4-8(14-10)15-3-2-12-5-6(15)9(16)17;/h4,6,12H,2-3,5H2,1H3,(H,16,17);1H. The van der Waals surface area contributed by atoms with Gasteiger partial charge in [-0.3, -0.25) is 0 Å². The lowest BCUT2D eigenvalue weighted by molar-refractivity contribution is -0.138. The Kier molecular flexibility index (Phi) is 6.12. The summed E-state index contributed by atoms with van der Waals surface area (Å²) in [7, 11) is 0. The van der Waals surface area contributed by atoms with Crippen LogP contribution >= 0.6 is 35.8 Å². The summed E-state index contributed by atoms with van der Waals surface area (Å²) >= 11 is 7.30. The highest BCUT2D eigenvalue weighted by atomic mass is 35.5. The predicted octanol–water partition coefficient (Wildman–Crippen LogP) is 1.14. The van der Waals surface area contributed by atoms with Crippen LogP contribution in [0.2, 0.25) is 5.15 Å². The van der Waals surface area contributed by atoms with Gasteiger partial charge in [-0.05, 0) is 6.26 Å². The monoisotopic (exact) mass is 324 g/mol. The highest BCUT2D eigenvalue weighted by Crippen LogP contribution is 2.22. The Labute approximate surface area is 126 Å². The summed E-state index contributed by atoms with van der Waals surface area (Å²) in [6, 6.07) is 0.974. The third-order valence-electron chi connectivity index (χ3n) is 2.67. The van der Waals surface area contributed by atoms with Crippen LogP contribution in [0.3, 0.4) is 0 Å². The minimum atomic E-state index is -0.873. The molecule has 0 aliphatic carbocycles. The lowest BCUT2D eigenvalue weighted by atomic mass is 10.2. The zero-order valence-electron chi connectivity index (χ0n) is 10.2. The lowest BCUT2D eigenvalue weighted by Crippen LogP contribution is -2.55. The van der Waals surface area contributed by atoms with Gasteiger partial charge in [0.15, 0.2) is 5.16 Å². The predicted molar refractivity (Wildman–Crippen MR) is 77.7 cm³/mol.